The van der Waals surface area contributed by atoms with Crippen molar-refractivity contribution in [2.45, 2.75) is 13.3 Å². The number of allylic oxidation sites excluding steroid dienone is 2. The summed E-state index contributed by atoms with van der Waals surface area (Å²) in [7, 11) is 1.43. The zero-order valence-corrected chi connectivity index (χ0v) is 14.6. The van der Waals surface area contributed by atoms with Crippen molar-refractivity contribution in [3.8, 4) is 0 Å². The van der Waals surface area contributed by atoms with Crippen molar-refractivity contribution in [1.82, 2.24) is 10.2 Å². The highest BCUT2D eigenvalue weighted by molar-refractivity contribution is 7.74. The number of nitrogens with one attached hydrogen (secondary N) is 1. The van der Waals surface area contributed by atoms with Crippen LogP contribution in [0.2, 0.25) is 0 Å². The van der Waals surface area contributed by atoms with Crippen LogP contribution in [0.15, 0.2) is 35.7 Å². The number of fused-ring (bicyclic) bond motifs is 1. The number of hydrogen-bond acceptors (Lipinski definition) is 6. The molecule has 1 atom stereocenters. The van der Waals surface area contributed by atoms with E-state index in [4.69, 9.17) is 4.55 Å². The number of hydrogen-bond donors (Lipinski definition) is 2. The van der Waals surface area contributed by atoms with Gasteiger partial charge in [-0.3, -0.25) is 23.1 Å². The third kappa shape index (κ3) is 4.19. The summed E-state index contributed by atoms with van der Waals surface area (Å²) in [5, 5.41) is 2.86. The van der Waals surface area contributed by atoms with Crippen LogP contribution in [0.4, 0.5) is 0 Å². The quantitative estimate of drug-likeness (QED) is 0.544. The Hall–Kier alpha value is -2.36. The summed E-state index contributed by atoms with van der Waals surface area (Å²) < 4.78 is 23.5. The van der Waals surface area contributed by atoms with Crippen LogP contribution >= 0.6 is 0 Å². The van der Waals surface area contributed by atoms with Gasteiger partial charge in [-0.15, -0.1) is 0 Å². The number of nitrogens with zero attached hydrogens (tertiary/aromatic N) is 1. The van der Waals surface area contributed by atoms with E-state index in [1.807, 2.05) is 0 Å². The molecular formula is C16H18N2O6S. The number of Topliss-reactive ketones (excluding diaryl/α,β-unsaturated/α-hetero) is 2. The summed E-state index contributed by atoms with van der Waals surface area (Å²) in [6, 6.07) is 6.41. The predicted molar refractivity (Wildman–Crippen MR) is 89.9 cm³/mol. The molecule has 0 bridgehead atoms. The van der Waals surface area contributed by atoms with Crippen molar-refractivity contribution in [3.05, 3.63) is 46.8 Å². The zero-order chi connectivity index (χ0) is 18.6. The van der Waals surface area contributed by atoms with Gasteiger partial charge in [-0.05, 0) is 6.42 Å². The maximum atomic E-state index is 12.8. The van der Waals surface area contributed by atoms with Gasteiger partial charge in [0.1, 0.15) is 11.4 Å². The number of rotatable bonds is 7. The second kappa shape index (κ2) is 8.15. The Morgan fingerprint density at radius 2 is 1.84 bits per heavy atom. The van der Waals surface area contributed by atoms with Crippen molar-refractivity contribution in [2.24, 2.45) is 0 Å². The Kier molecular flexibility index (Phi) is 6.18. The van der Waals surface area contributed by atoms with Crippen LogP contribution in [-0.2, 0) is 20.3 Å². The van der Waals surface area contributed by atoms with E-state index < -0.39 is 17.1 Å². The van der Waals surface area contributed by atoms with E-state index in [1.54, 1.807) is 24.3 Å². The lowest BCUT2D eigenvalue weighted by atomic mass is 9.89. The number of amides is 1. The Labute approximate surface area is 147 Å². The first-order valence-corrected chi connectivity index (χ1v) is 8.52. The number of ketones is 2. The molecule has 9 heteroatoms. The van der Waals surface area contributed by atoms with E-state index in [9.17, 15) is 18.6 Å². The fourth-order valence-electron chi connectivity index (χ4n) is 2.42. The number of carbonyl (C=O) groups is 3. The van der Waals surface area contributed by atoms with Crippen LogP contribution in [0, 0.1) is 0 Å². The maximum absolute atomic E-state index is 12.8. The van der Waals surface area contributed by atoms with Crippen LogP contribution in [0.5, 0.6) is 0 Å². The lowest BCUT2D eigenvalue weighted by molar-refractivity contribution is -0.125. The largest absolute Gasteiger partial charge is 0.380 e. The van der Waals surface area contributed by atoms with Gasteiger partial charge in [0.2, 0.25) is 17.5 Å². The van der Waals surface area contributed by atoms with Gasteiger partial charge in [-0.1, -0.05) is 24.3 Å². The molecule has 0 spiro atoms. The molecule has 1 aliphatic carbocycles. The first-order valence-electron chi connectivity index (χ1n) is 7.49. The van der Waals surface area contributed by atoms with Gasteiger partial charge in [0.25, 0.3) is 0 Å². The molecule has 0 fully saturated rings. The van der Waals surface area contributed by atoms with Crippen molar-refractivity contribution in [2.75, 3.05) is 20.2 Å². The smallest absolute Gasteiger partial charge is 0.301 e. The average Bonchev–Trinajstić information content (AvgIpc) is 2.58. The Balaban J connectivity index is 2.30. The average molecular weight is 366 g/mol. The number of likely N-dealkylation sites (N-methyl/N-ethyl adjacent to an activating group) is 1. The van der Waals surface area contributed by atoms with Crippen molar-refractivity contribution >= 4 is 28.8 Å². The fourth-order valence-corrected chi connectivity index (χ4v) is 2.68. The molecule has 0 aromatic heterocycles. The minimum Gasteiger partial charge on any atom is -0.380 e. The summed E-state index contributed by atoms with van der Waals surface area (Å²) in [5.74, 6) is -1.18. The van der Waals surface area contributed by atoms with E-state index >= 15 is 0 Å². The highest BCUT2D eigenvalue weighted by Crippen LogP contribution is 2.26. The second-order valence-electron chi connectivity index (χ2n) is 5.32. The topological polar surface area (TPSA) is 113 Å². The molecule has 0 saturated heterocycles. The van der Waals surface area contributed by atoms with Crippen LogP contribution in [-0.4, -0.2) is 51.3 Å². The summed E-state index contributed by atoms with van der Waals surface area (Å²) in [6.45, 7) is 1.52. The molecule has 1 aromatic rings. The zero-order valence-electron chi connectivity index (χ0n) is 13.8. The van der Waals surface area contributed by atoms with Gasteiger partial charge in [-0.2, -0.15) is 4.21 Å². The highest BCUT2D eigenvalue weighted by Gasteiger charge is 2.34. The van der Waals surface area contributed by atoms with Gasteiger partial charge in [-0.25, -0.2) is 0 Å². The molecule has 1 aromatic carbocycles. The first kappa shape index (κ1) is 19.0. The van der Waals surface area contributed by atoms with Crippen LogP contribution in [0.25, 0.3) is 0 Å². The van der Waals surface area contributed by atoms with E-state index in [-0.39, 0.29) is 47.4 Å². The highest BCUT2D eigenvalue weighted by atomic mass is 32.2. The summed E-state index contributed by atoms with van der Waals surface area (Å²) in [5.41, 5.74) is 0.540. The summed E-state index contributed by atoms with van der Waals surface area (Å²) >= 11 is -2.35. The van der Waals surface area contributed by atoms with E-state index in [2.05, 4.69) is 9.50 Å². The SMILES string of the molecule is CC(=O)N(C)C1=C(NCCCOS(=O)O)C(=O)c2ccccc2C1=O. The molecule has 1 amide bonds. The van der Waals surface area contributed by atoms with Gasteiger partial charge >= 0.3 is 11.4 Å². The minimum atomic E-state index is -2.35. The molecule has 8 nitrogen and oxygen atoms in total. The molecule has 1 aliphatic rings. The Morgan fingerprint density at radius 1 is 1.24 bits per heavy atom. The molecule has 1 unspecified atom stereocenters. The molecule has 2 N–H and O–H groups in total. The molecule has 0 saturated carbocycles. The Morgan fingerprint density at radius 3 is 2.40 bits per heavy atom. The maximum Gasteiger partial charge on any atom is 0.301 e. The monoisotopic (exact) mass is 366 g/mol. The van der Waals surface area contributed by atoms with Gasteiger partial charge < -0.3 is 10.2 Å². The second-order valence-corrected chi connectivity index (χ2v) is 5.99. The lowest BCUT2D eigenvalue weighted by Gasteiger charge is -2.27. The van der Waals surface area contributed by atoms with E-state index in [0.717, 1.165) is 4.90 Å². The van der Waals surface area contributed by atoms with Crippen molar-refractivity contribution in [3.63, 3.8) is 0 Å². The molecular weight excluding hydrogens is 348 g/mol. The fraction of sp³-hybridized carbons (Fsp3) is 0.312. The molecule has 0 radical (unpaired) electrons. The van der Waals surface area contributed by atoms with Crippen molar-refractivity contribution in [1.29, 1.82) is 0 Å². The van der Waals surface area contributed by atoms with E-state index in [0.29, 0.717) is 6.42 Å². The normalized spacial score (nSPS) is 15.0. The summed E-state index contributed by atoms with van der Waals surface area (Å²) in [6.07, 6.45) is 0.329. The lowest BCUT2D eigenvalue weighted by Crippen LogP contribution is -2.39. The third-order valence-electron chi connectivity index (χ3n) is 3.71. The minimum absolute atomic E-state index is 0.00000402. The van der Waals surface area contributed by atoms with Gasteiger partial charge in [0, 0.05) is 31.6 Å². The molecule has 0 heterocycles. The first-order chi connectivity index (χ1) is 11.8. The standard InChI is InChI=1S/C16H18N2O6S/c1-10(19)18(2)14-13(17-8-5-9-24-25(22)23)15(20)11-6-3-4-7-12(11)16(14)21/h3-4,6-7,17H,5,8-9H2,1-2H3,(H,22,23). The van der Waals surface area contributed by atoms with Crippen LogP contribution in [0.1, 0.15) is 34.1 Å². The van der Waals surface area contributed by atoms with Gasteiger partial charge in [0.15, 0.2) is 0 Å². The third-order valence-corrected chi connectivity index (χ3v) is 4.08. The van der Waals surface area contributed by atoms with Gasteiger partial charge in [0.05, 0.1) is 6.61 Å². The summed E-state index contributed by atoms with van der Waals surface area (Å²) in [4.78, 5) is 38.4. The van der Waals surface area contributed by atoms with Crippen LogP contribution in [0.3, 0.4) is 0 Å². The van der Waals surface area contributed by atoms with E-state index in [1.165, 1.54) is 14.0 Å². The Bertz CT molecular complexity index is 774. The number of benzene rings is 1. The number of carbonyl (C=O) groups excluding carboxylic acids is 3. The van der Waals surface area contributed by atoms with Crippen LogP contribution < -0.4 is 5.32 Å². The van der Waals surface area contributed by atoms with Crippen molar-refractivity contribution < 1.29 is 27.3 Å². The molecule has 134 valence electrons. The molecule has 0 aliphatic heterocycles. The molecule has 25 heavy (non-hydrogen) atoms. The molecule has 2 rings (SSSR count). The predicted octanol–water partition coefficient (Wildman–Crippen LogP) is 0.888.